The zero-order chi connectivity index (χ0) is 17.5. The third kappa shape index (κ3) is 3.47. The second-order valence-corrected chi connectivity index (χ2v) is 6.47. The summed E-state index contributed by atoms with van der Waals surface area (Å²) in [5, 5.41) is 0. The highest BCUT2D eigenvalue weighted by Crippen LogP contribution is 2.33. The molecule has 8 heteroatoms. The van der Waals surface area contributed by atoms with Gasteiger partial charge in [0.25, 0.3) is 0 Å². The molecule has 1 saturated carbocycles. The molecule has 1 aliphatic heterocycles. The number of aromatic nitrogens is 1. The van der Waals surface area contributed by atoms with Gasteiger partial charge in [0.15, 0.2) is 11.6 Å². The molecule has 1 amide bonds. The van der Waals surface area contributed by atoms with Crippen LogP contribution in [-0.4, -0.2) is 42.0 Å². The van der Waals surface area contributed by atoms with Gasteiger partial charge in [0.2, 0.25) is 5.91 Å². The average molecular weight is 345 g/mol. The van der Waals surface area contributed by atoms with E-state index in [1.807, 2.05) is 0 Å². The van der Waals surface area contributed by atoms with Gasteiger partial charge in [-0.05, 0) is 31.7 Å². The molecular formula is C16H19F4N3O. The normalized spacial score (nSPS) is 19.5. The topological polar surface area (TPSA) is 36.4 Å². The summed E-state index contributed by atoms with van der Waals surface area (Å²) in [6.45, 7) is 0.921. The van der Waals surface area contributed by atoms with E-state index in [1.54, 1.807) is 16.8 Å². The SMILES string of the molecule is CN(C(=O)C1CC1)C1CCN(c2ncc(C(F)(F)F)cc2F)CC1. The van der Waals surface area contributed by atoms with Gasteiger partial charge in [0.05, 0.1) is 5.56 Å². The van der Waals surface area contributed by atoms with Crippen LogP contribution in [0.4, 0.5) is 23.4 Å². The van der Waals surface area contributed by atoms with Gasteiger partial charge in [-0.1, -0.05) is 0 Å². The van der Waals surface area contributed by atoms with Gasteiger partial charge >= 0.3 is 6.18 Å². The highest BCUT2D eigenvalue weighted by molar-refractivity contribution is 5.81. The van der Waals surface area contributed by atoms with Gasteiger partial charge in [-0.3, -0.25) is 4.79 Å². The molecule has 0 N–H and O–H groups in total. The first-order chi connectivity index (χ1) is 11.3. The molecule has 4 nitrogen and oxygen atoms in total. The number of amides is 1. The summed E-state index contributed by atoms with van der Waals surface area (Å²) in [5.74, 6) is -0.711. The van der Waals surface area contributed by atoms with Crippen LogP contribution >= 0.6 is 0 Å². The minimum atomic E-state index is -4.61. The standard InChI is InChI=1S/C16H19F4N3O/c1-22(15(24)10-2-3-10)12-4-6-23(7-5-12)14-13(17)8-11(9-21-14)16(18,19)20/h8-10,12H,2-7H2,1H3. The highest BCUT2D eigenvalue weighted by Gasteiger charge is 2.36. The lowest BCUT2D eigenvalue weighted by Crippen LogP contribution is -2.46. The Hall–Kier alpha value is -1.86. The summed E-state index contributed by atoms with van der Waals surface area (Å²) in [6.07, 6.45) is -0.752. The van der Waals surface area contributed by atoms with Crippen LogP contribution in [0.15, 0.2) is 12.3 Å². The number of rotatable bonds is 3. The van der Waals surface area contributed by atoms with E-state index in [1.165, 1.54) is 0 Å². The summed E-state index contributed by atoms with van der Waals surface area (Å²) < 4.78 is 51.7. The van der Waals surface area contributed by atoms with Crippen LogP contribution in [0.1, 0.15) is 31.2 Å². The van der Waals surface area contributed by atoms with Crippen LogP contribution in [-0.2, 0) is 11.0 Å². The largest absolute Gasteiger partial charge is 0.417 e. The van der Waals surface area contributed by atoms with Crippen molar-refractivity contribution in [3.05, 3.63) is 23.6 Å². The highest BCUT2D eigenvalue weighted by atomic mass is 19.4. The summed E-state index contributed by atoms with van der Waals surface area (Å²) in [6, 6.07) is 0.573. The molecule has 2 fully saturated rings. The van der Waals surface area contributed by atoms with Gasteiger partial charge in [-0.15, -0.1) is 0 Å². The molecule has 2 heterocycles. The van der Waals surface area contributed by atoms with Crippen molar-refractivity contribution in [1.82, 2.24) is 9.88 Å². The number of carbonyl (C=O) groups excluding carboxylic acids is 1. The maximum absolute atomic E-state index is 14.0. The number of anilines is 1. The Bertz CT molecular complexity index is 622. The molecule has 3 rings (SSSR count). The summed E-state index contributed by atoms with van der Waals surface area (Å²) in [4.78, 5) is 19.1. The molecule has 0 radical (unpaired) electrons. The van der Waals surface area contributed by atoms with Crippen LogP contribution in [0.3, 0.4) is 0 Å². The molecule has 0 aromatic carbocycles. The Balaban J connectivity index is 1.63. The van der Waals surface area contributed by atoms with Crippen LogP contribution in [0.25, 0.3) is 0 Å². The predicted molar refractivity (Wildman–Crippen MR) is 79.9 cm³/mol. The van der Waals surface area contributed by atoms with Gasteiger partial charge in [0.1, 0.15) is 0 Å². The first-order valence-corrected chi connectivity index (χ1v) is 8.01. The molecule has 1 aromatic rings. The Kier molecular flexibility index (Phi) is 4.40. The van der Waals surface area contributed by atoms with Crippen molar-refractivity contribution in [2.75, 3.05) is 25.0 Å². The maximum Gasteiger partial charge on any atom is 0.417 e. The quantitative estimate of drug-likeness (QED) is 0.790. The number of pyridine rings is 1. The van der Waals surface area contributed by atoms with E-state index in [0.717, 1.165) is 12.8 Å². The van der Waals surface area contributed by atoms with Gasteiger partial charge in [-0.25, -0.2) is 9.37 Å². The van der Waals surface area contributed by atoms with Crippen LogP contribution in [0, 0.1) is 11.7 Å². The number of nitrogens with zero attached hydrogens (tertiary/aromatic N) is 3. The Morgan fingerprint density at radius 2 is 1.88 bits per heavy atom. The van der Waals surface area contributed by atoms with Crippen molar-refractivity contribution in [2.45, 2.75) is 37.9 Å². The lowest BCUT2D eigenvalue weighted by molar-refractivity contribution is -0.138. The first-order valence-electron chi connectivity index (χ1n) is 8.01. The van der Waals surface area contributed by atoms with Crippen molar-refractivity contribution in [1.29, 1.82) is 0 Å². The zero-order valence-electron chi connectivity index (χ0n) is 13.3. The summed E-state index contributed by atoms with van der Waals surface area (Å²) in [5.41, 5.74) is -1.09. The van der Waals surface area contributed by atoms with E-state index in [9.17, 15) is 22.4 Å². The molecule has 1 saturated heterocycles. The maximum atomic E-state index is 14.0. The van der Waals surface area contributed by atoms with Crippen molar-refractivity contribution < 1.29 is 22.4 Å². The van der Waals surface area contributed by atoms with E-state index in [-0.39, 0.29) is 23.7 Å². The van der Waals surface area contributed by atoms with Gasteiger partial charge in [-0.2, -0.15) is 13.2 Å². The fourth-order valence-electron chi connectivity index (χ4n) is 3.08. The third-order valence-electron chi connectivity index (χ3n) is 4.74. The van der Waals surface area contributed by atoms with Gasteiger partial charge in [0, 0.05) is 38.3 Å². The lowest BCUT2D eigenvalue weighted by atomic mass is 10.0. The van der Waals surface area contributed by atoms with Crippen LogP contribution in [0.5, 0.6) is 0 Å². The fourth-order valence-corrected chi connectivity index (χ4v) is 3.08. The average Bonchev–Trinajstić information content (AvgIpc) is 3.37. The third-order valence-corrected chi connectivity index (χ3v) is 4.74. The van der Waals surface area contributed by atoms with E-state index in [0.29, 0.717) is 38.2 Å². The molecule has 1 aromatic heterocycles. The Morgan fingerprint density at radius 1 is 1.25 bits per heavy atom. The predicted octanol–water partition coefficient (Wildman–Crippen LogP) is 3.08. The molecule has 0 unspecified atom stereocenters. The monoisotopic (exact) mass is 345 g/mol. The zero-order valence-corrected chi connectivity index (χ0v) is 13.3. The van der Waals surface area contributed by atoms with Crippen LogP contribution in [0.2, 0.25) is 0 Å². The summed E-state index contributed by atoms with van der Waals surface area (Å²) >= 11 is 0. The number of alkyl halides is 3. The van der Waals surface area contributed by atoms with E-state index in [4.69, 9.17) is 0 Å². The van der Waals surface area contributed by atoms with Crippen LogP contribution < -0.4 is 4.90 Å². The van der Waals surface area contributed by atoms with E-state index in [2.05, 4.69) is 4.98 Å². The minimum absolute atomic E-state index is 0.0578. The smallest absolute Gasteiger partial charge is 0.354 e. The molecule has 0 spiro atoms. The number of halogens is 4. The Labute approximate surface area is 137 Å². The molecule has 2 aliphatic rings. The first kappa shape index (κ1) is 17.0. The summed E-state index contributed by atoms with van der Waals surface area (Å²) in [7, 11) is 1.79. The Morgan fingerprint density at radius 3 is 2.38 bits per heavy atom. The fraction of sp³-hybridized carbons (Fsp3) is 0.625. The number of hydrogen-bond donors (Lipinski definition) is 0. The molecule has 1 aliphatic carbocycles. The molecule has 0 bridgehead atoms. The second kappa shape index (κ2) is 6.22. The molecule has 24 heavy (non-hydrogen) atoms. The van der Waals surface area contributed by atoms with E-state index >= 15 is 0 Å². The second-order valence-electron chi connectivity index (χ2n) is 6.47. The van der Waals surface area contributed by atoms with E-state index < -0.39 is 17.6 Å². The lowest BCUT2D eigenvalue weighted by Gasteiger charge is -2.37. The number of hydrogen-bond acceptors (Lipinski definition) is 3. The number of carbonyl (C=O) groups is 1. The minimum Gasteiger partial charge on any atom is -0.354 e. The molecule has 0 atom stereocenters. The van der Waals surface area contributed by atoms with Crippen molar-refractivity contribution in [3.63, 3.8) is 0 Å². The molecule has 132 valence electrons. The number of piperidine rings is 1. The van der Waals surface area contributed by atoms with Crippen molar-refractivity contribution >= 4 is 11.7 Å². The molecular weight excluding hydrogens is 326 g/mol. The van der Waals surface area contributed by atoms with Gasteiger partial charge < -0.3 is 9.80 Å². The van der Waals surface area contributed by atoms with Crippen molar-refractivity contribution in [2.24, 2.45) is 5.92 Å². The van der Waals surface area contributed by atoms with Crippen molar-refractivity contribution in [3.8, 4) is 0 Å².